The van der Waals surface area contributed by atoms with E-state index in [0.29, 0.717) is 23.2 Å². The maximum atomic E-state index is 12.4. The molecule has 1 atom stereocenters. The number of Topliss-reactive ketones (excluding diaryl/α,β-unsaturated/α-hetero) is 1. The number of hydrogen-bond acceptors (Lipinski definition) is 6. The second-order valence-corrected chi connectivity index (χ2v) is 8.52. The van der Waals surface area contributed by atoms with Crippen LogP contribution in [-0.2, 0) is 26.0 Å². The molecule has 0 aliphatic carbocycles. The molecule has 30 heavy (non-hydrogen) atoms. The average molecular weight is 436 g/mol. The second-order valence-electron chi connectivity index (χ2n) is 6.96. The molecule has 2 rings (SSSR count). The quantitative estimate of drug-likeness (QED) is 0.421. The number of sulfonamides is 1. The van der Waals surface area contributed by atoms with Crippen LogP contribution in [0, 0.1) is 13.8 Å². The molecule has 0 aliphatic heterocycles. The topological polar surface area (TPSA) is 148 Å². The standard InChI is InChI=1S/C20H25N3O6S/c1-11-17(13(3)24)12(2)23-18(11)20(26)29-14(4)19(25)22-10-9-15-5-7-16(8-6-15)30(21,27)28/h5-8,14,23H,9-10H2,1-4H3,(H,22,25)(H2,21,27,28). The summed E-state index contributed by atoms with van der Waals surface area (Å²) in [5.74, 6) is -1.36. The predicted octanol–water partition coefficient (Wildman–Crippen LogP) is 1.39. The Kier molecular flexibility index (Phi) is 7.16. The van der Waals surface area contributed by atoms with Crippen molar-refractivity contribution in [2.24, 2.45) is 5.14 Å². The molecule has 1 heterocycles. The number of aryl methyl sites for hydroxylation is 1. The van der Waals surface area contributed by atoms with Crippen molar-refractivity contribution in [2.45, 2.75) is 45.1 Å². The third kappa shape index (κ3) is 5.55. The minimum atomic E-state index is -3.75. The number of esters is 1. The first-order chi connectivity index (χ1) is 13.9. The Morgan fingerprint density at radius 2 is 1.77 bits per heavy atom. The molecule has 2 aromatic rings. The molecule has 1 aromatic heterocycles. The Morgan fingerprint density at radius 1 is 1.17 bits per heavy atom. The van der Waals surface area contributed by atoms with Crippen LogP contribution in [0.5, 0.6) is 0 Å². The van der Waals surface area contributed by atoms with Crippen LogP contribution in [-0.4, -0.2) is 43.7 Å². The molecule has 0 bridgehead atoms. The van der Waals surface area contributed by atoms with Gasteiger partial charge in [-0.3, -0.25) is 9.59 Å². The number of aromatic nitrogens is 1. The number of carbonyl (C=O) groups excluding carboxylic acids is 3. The van der Waals surface area contributed by atoms with Crippen molar-refractivity contribution in [1.29, 1.82) is 0 Å². The highest BCUT2D eigenvalue weighted by Gasteiger charge is 2.24. The van der Waals surface area contributed by atoms with Gasteiger partial charge in [-0.25, -0.2) is 18.4 Å². The van der Waals surface area contributed by atoms with Crippen molar-refractivity contribution >= 4 is 27.7 Å². The highest BCUT2D eigenvalue weighted by Crippen LogP contribution is 2.19. The molecule has 4 N–H and O–H groups in total. The summed E-state index contributed by atoms with van der Waals surface area (Å²) in [7, 11) is -3.75. The first-order valence-corrected chi connectivity index (χ1v) is 10.8. The van der Waals surface area contributed by atoms with Gasteiger partial charge in [-0.2, -0.15) is 0 Å². The normalized spacial score (nSPS) is 12.3. The Labute approximate surface area is 175 Å². The van der Waals surface area contributed by atoms with Gasteiger partial charge in [0.2, 0.25) is 10.0 Å². The second kappa shape index (κ2) is 9.23. The molecule has 0 aliphatic rings. The lowest BCUT2D eigenvalue weighted by atomic mass is 10.1. The number of nitrogens with two attached hydrogens (primary N) is 1. The van der Waals surface area contributed by atoms with Crippen LogP contribution < -0.4 is 10.5 Å². The number of benzene rings is 1. The number of hydrogen-bond donors (Lipinski definition) is 3. The molecule has 162 valence electrons. The number of H-pyrrole nitrogens is 1. The van der Waals surface area contributed by atoms with E-state index < -0.39 is 28.0 Å². The summed E-state index contributed by atoms with van der Waals surface area (Å²) in [4.78, 5) is 39.1. The summed E-state index contributed by atoms with van der Waals surface area (Å²) in [6, 6.07) is 6.01. The number of nitrogens with one attached hydrogen (secondary N) is 2. The number of aromatic amines is 1. The van der Waals surface area contributed by atoms with Crippen LogP contribution in [0.3, 0.4) is 0 Å². The Bertz CT molecular complexity index is 1070. The van der Waals surface area contributed by atoms with Crippen molar-refractivity contribution in [2.75, 3.05) is 6.54 Å². The van der Waals surface area contributed by atoms with Gasteiger partial charge in [0.25, 0.3) is 5.91 Å². The largest absolute Gasteiger partial charge is 0.448 e. The predicted molar refractivity (Wildman–Crippen MR) is 110 cm³/mol. The van der Waals surface area contributed by atoms with Crippen molar-refractivity contribution in [3.05, 3.63) is 52.3 Å². The maximum absolute atomic E-state index is 12.4. The fourth-order valence-electron chi connectivity index (χ4n) is 3.07. The summed E-state index contributed by atoms with van der Waals surface area (Å²) < 4.78 is 27.7. The zero-order valence-corrected chi connectivity index (χ0v) is 18.1. The van der Waals surface area contributed by atoms with Crippen molar-refractivity contribution in [3.8, 4) is 0 Å². The Morgan fingerprint density at radius 3 is 2.27 bits per heavy atom. The molecular formula is C20H25N3O6S. The van der Waals surface area contributed by atoms with Gasteiger partial charge < -0.3 is 15.0 Å². The summed E-state index contributed by atoms with van der Waals surface area (Å²) in [5.41, 5.74) is 2.44. The van der Waals surface area contributed by atoms with E-state index in [1.54, 1.807) is 26.0 Å². The van der Waals surface area contributed by atoms with E-state index >= 15 is 0 Å². The van der Waals surface area contributed by atoms with Gasteiger partial charge in [-0.15, -0.1) is 0 Å². The van der Waals surface area contributed by atoms with Crippen LogP contribution in [0.15, 0.2) is 29.2 Å². The first kappa shape index (κ1) is 23.3. The minimum Gasteiger partial charge on any atom is -0.448 e. The van der Waals surface area contributed by atoms with E-state index in [0.717, 1.165) is 5.56 Å². The highest BCUT2D eigenvalue weighted by atomic mass is 32.2. The van der Waals surface area contributed by atoms with Gasteiger partial charge in [-0.1, -0.05) is 12.1 Å². The maximum Gasteiger partial charge on any atom is 0.355 e. The van der Waals surface area contributed by atoms with Crippen LogP contribution in [0.25, 0.3) is 0 Å². The van der Waals surface area contributed by atoms with Gasteiger partial charge in [0.15, 0.2) is 11.9 Å². The molecule has 0 fully saturated rings. The van der Waals surface area contributed by atoms with Crippen molar-refractivity contribution in [3.63, 3.8) is 0 Å². The minimum absolute atomic E-state index is 0.0126. The number of rotatable bonds is 8. The average Bonchev–Trinajstić information content (AvgIpc) is 2.95. The molecule has 0 radical (unpaired) electrons. The molecule has 0 saturated heterocycles. The number of carbonyl (C=O) groups is 3. The highest BCUT2D eigenvalue weighted by molar-refractivity contribution is 7.89. The van der Waals surface area contributed by atoms with E-state index in [9.17, 15) is 22.8 Å². The SMILES string of the molecule is CC(=O)c1c(C)[nH]c(C(=O)OC(C)C(=O)NCCc2ccc(S(N)(=O)=O)cc2)c1C. The fraction of sp³-hybridized carbons (Fsp3) is 0.350. The molecule has 10 heteroatoms. The van der Waals surface area contributed by atoms with E-state index in [2.05, 4.69) is 10.3 Å². The molecule has 1 aromatic carbocycles. The van der Waals surface area contributed by atoms with Gasteiger partial charge in [0, 0.05) is 17.8 Å². The van der Waals surface area contributed by atoms with E-state index in [1.807, 2.05) is 0 Å². The third-order valence-corrected chi connectivity index (χ3v) is 5.54. The Hall–Kier alpha value is -2.98. The molecule has 0 spiro atoms. The molecule has 0 saturated carbocycles. The van der Waals surface area contributed by atoms with Crippen LogP contribution in [0.4, 0.5) is 0 Å². The third-order valence-electron chi connectivity index (χ3n) is 4.61. The zero-order chi connectivity index (χ0) is 22.6. The van der Waals surface area contributed by atoms with E-state index in [1.165, 1.54) is 26.0 Å². The smallest absolute Gasteiger partial charge is 0.355 e. The van der Waals surface area contributed by atoms with Crippen molar-refractivity contribution in [1.82, 2.24) is 10.3 Å². The van der Waals surface area contributed by atoms with Crippen molar-refractivity contribution < 1.29 is 27.5 Å². The number of ether oxygens (including phenoxy) is 1. The number of amides is 1. The number of primary sulfonamides is 1. The van der Waals surface area contributed by atoms with Gasteiger partial charge >= 0.3 is 5.97 Å². The monoisotopic (exact) mass is 435 g/mol. The molecule has 9 nitrogen and oxygen atoms in total. The summed E-state index contributed by atoms with van der Waals surface area (Å²) in [6.45, 7) is 6.46. The lowest BCUT2D eigenvalue weighted by Gasteiger charge is -2.13. The summed E-state index contributed by atoms with van der Waals surface area (Å²) in [6.07, 6.45) is -0.583. The van der Waals surface area contributed by atoms with Crippen LogP contribution in [0.1, 0.15) is 51.5 Å². The Balaban J connectivity index is 1.90. The summed E-state index contributed by atoms with van der Waals surface area (Å²) in [5, 5.41) is 7.71. The van der Waals surface area contributed by atoms with Gasteiger partial charge in [-0.05, 0) is 57.4 Å². The summed E-state index contributed by atoms with van der Waals surface area (Å²) >= 11 is 0. The molecular weight excluding hydrogens is 410 g/mol. The lowest BCUT2D eigenvalue weighted by Crippen LogP contribution is -2.37. The lowest BCUT2D eigenvalue weighted by molar-refractivity contribution is -0.129. The first-order valence-electron chi connectivity index (χ1n) is 9.22. The van der Waals surface area contributed by atoms with E-state index in [4.69, 9.17) is 9.88 Å². The van der Waals surface area contributed by atoms with Crippen LogP contribution in [0.2, 0.25) is 0 Å². The van der Waals surface area contributed by atoms with E-state index in [-0.39, 0.29) is 22.9 Å². The van der Waals surface area contributed by atoms with Gasteiger partial charge in [0.05, 0.1) is 4.90 Å². The molecule has 1 amide bonds. The fourth-order valence-corrected chi connectivity index (χ4v) is 3.59. The number of ketones is 1. The van der Waals surface area contributed by atoms with Crippen LogP contribution >= 0.6 is 0 Å². The van der Waals surface area contributed by atoms with Gasteiger partial charge in [0.1, 0.15) is 5.69 Å². The zero-order valence-electron chi connectivity index (χ0n) is 17.2. The molecule has 1 unspecified atom stereocenters.